The van der Waals surface area contributed by atoms with Gasteiger partial charge in [-0.25, -0.2) is 4.98 Å². The van der Waals surface area contributed by atoms with Crippen LogP contribution in [0.25, 0.3) is 22.4 Å². The number of halogens is 3. The summed E-state index contributed by atoms with van der Waals surface area (Å²) in [5.74, 6) is -0.597. The first-order valence-electron chi connectivity index (χ1n) is 9.34. The molecule has 6 nitrogen and oxygen atoms in total. The number of rotatable bonds is 9. The minimum atomic E-state index is -2.99. The number of phenolic OH excluding ortho intramolecular Hbond substituents is 1. The van der Waals surface area contributed by atoms with Crippen molar-refractivity contribution < 1.29 is 28.5 Å². The van der Waals surface area contributed by atoms with Gasteiger partial charge in [-0.3, -0.25) is 4.79 Å². The molecule has 0 saturated carbocycles. The van der Waals surface area contributed by atoms with Crippen molar-refractivity contribution in [3.8, 4) is 33.9 Å². The molecule has 0 atom stereocenters. The number of ether oxygens (including phenoxy) is 1. The maximum atomic E-state index is 12.9. The second-order valence-electron chi connectivity index (χ2n) is 6.59. The fraction of sp³-hybridized carbons (Fsp3) is 0.182. The number of hydrogen-bond acceptors (Lipinski definition) is 5. The molecule has 0 aliphatic rings. The lowest BCUT2D eigenvalue weighted by Crippen LogP contribution is -2.07. The maximum absolute atomic E-state index is 12.9. The molecule has 9 heteroatoms. The van der Waals surface area contributed by atoms with Crippen LogP contribution >= 0.6 is 11.6 Å². The third-order valence-corrected chi connectivity index (χ3v) is 4.58. The van der Waals surface area contributed by atoms with Crippen LogP contribution in [0.5, 0.6) is 11.5 Å². The summed E-state index contributed by atoms with van der Waals surface area (Å²) in [4.78, 5) is 15.2. The molecular formula is C22H19ClF2N2O4. The third-order valence-electron chi connectivity index (χ3n) is 4.35. The number of benzene rings is 2. The Morgan fingerprint density at radius 2 is 1.90 bits per heavy atom. The van der Waals surface area contributed by atoms with E-state index in [0.717, 1.165) is 0 Å². The number of carbonyl (C=O) groups is 1. The molecular weight excluding hydrogens is 430 g/mol. The number of pyridine rings is 1. The number of aromatic nitrogens is 1. The number of aliphatic carboxylic acids is 1. The molecule has 162 valence electrons. The zero-order valence-corrected chi connectivity index (χ0v) is 16.9. The minimum absolute atomic E-state index is 0.0122. The van der Waals surface area contributed by atoms with E-state index in [1.54, 1.807) is 36.4 Å². The van der Waals surface area contributed by atoms with Crippen LogP contribution in [0, 0.1) is 0 Å². The Morgan fingerprint density at radius 1 is 1.13 bits per heavy atom. The van der Waals surface area contributed by atoms with E-state index in [2.05, 4.69) is 15.0 Å². The van der Waals surface area contributed by atoms with Crippen LogP contribution in [0.15, 0.2) is 54.6 Å². The standard InChI is InChI=1S/C22H19ClF2N2O4/c23-14-7-8-18(28)16(12-14)17-10-13(11-20(27-17)26-9-3-6-21(29)30)15-4-1-2-5-19(15)31-22(24)25/h1-2,4-5,7-8,10-12,22,28H,3,6,9H2,(H,26,27)(H,29,30). The highest BCUT2D eigenvalue weighted by Gasteiger charge is 2.15. The van der Waals surface area contributed by atoms with Crippen molar-refractivity contribution in [1.82, 2.24) is 4.98 Å². The van der Waals surface area contributed by atoms with E-state index in [1.165, 1.54) is 18.2 Å². The lowest BCUT2D eigenvalue weighted by Gasteiger charge is -2.15. The highest BCUT2D eigenvalue weighted by atomic mass is 35.5. The van der Waals surface area contributed by atoms with Crippen LogP contribution in [0.4, 0.5) is 14.6 Å². The molecule has 0 amide bonds. The number of hydrogen-bond donors (Lipinski definition) is 3. The Balaban J connectivity index is 2.05. The Bertz CT molecular complexity index is 1080. The highest BCUT2D eigenvalue weighted by Crippen LogP contribution is 2.37. The van der Waals surface area contributed by atoms with Crippen LogP contribution in [0.1, 0.15) is 12.8 Å². The first-order chi connectivity index (χ1) is 14.8. The summed E-state index contributed by atoms with van der Waals surface area (Å²) in [6.45, 7) is -2.66. The number of anilines is 1. The maximum Gasteiger partial charge on any atom is 0.387 e. The molecule has 0 spiro atoms. The van der Waals surface area contributed by atoms with Crippen LogP contribution < -0.4 is 10.1 Å². The van der Waals surface area contributed by atoms with E-state index < -0.39 is 12.6 Å². The third kappa shape index (κ3) is 6.05. The van der Waals surface area contributed by atoms with Gasteiger partial charge in [0.05, 0.1) is 5.69 Å². The Hall–Kier alpha value is -3.39. The first-order valence-corrected chi connectivity index (χ1v) is 9.72. The average Bonchev–Trinajstić information content (AvgIpc) is 2.72. The van der Waals surface area contributed by atoms with Gasteiger partial charge in [0, 0.05) is 29.1 Å². The smallest absolute Gasteiger partial charge is 0.387 e. The summed E-state index contributed by atoms with van der Waals surface area (Å²) in [5.41, 5.74) is 1.63. The average molecular weight is 449 g/mol. The zero-order valence-electron chi connectivity index (χ0n) is 16.2. The second kappa shape index (κ2) is 10.1. The van der Waals surface area contributed by atoms with Gasteiger partial charge in [0.15, 0.2) is 0 Å². The molecule has 3 N–H and O–H groups in total. The van der Waals surface area contributed by atoms with Gasteiger partial charge < -0.3 is 20.3 Å². The van der Waals surface area contributed by atoms with E-state index in [-0.39, 0.29) is 17.9 Å². The van der Waals surface area contributed by atoms with Crippen molar-refractivity contribution in [3.05, 3.63) is 59.6 Å². The van der Waals surface area contributed by atoms with E-state index in [1.807, 2.05) is 0 Å². The first kappa shape index (κ1) is 22.3. The number of para-hydroxylation sites is 1. The number of nitrogens with zero attached hydrogens (tertiary/aromatic N) is 1. The van der Waals surface area contributed by atoms with Crippen molar-refractivity contribution in [2.24, 2.45) is 0 Å². The van der Waals surface area contributed by atoms with Gasteiger partial charge in [-0.1, -0.05) is 29.8 Å². The Morgan fingerprint density at radius 3 is 2.65 bits per heavy atom. The van der Waals surface area contributed by atoms with Gasteiger partial charge in [-0.15, -0.1) is 0 Å². The molecule has 2 aromatic carbocycles. The summed E-state index contributed by atoms with van der Waals surface area (Å²) in [6.07, 6.45) is 0.351. The van der Waals surface area contributed by atoms with Gasteiger partial charge in [-0.2, -0.15) is 8.78 Å². The van der Waals surface area contributed by atoms with Crippen LogP contribution in [0.3, 0.4) is 0 Å². The fourth-order valence-corrected chi connectivity index (χ4v) is 3.16. The number of alkyl halides is 2. The number of carboxylic acids is 1. The molecule has 0 bridgehead atoms. The number of phenols is 1. The van der Waals surface area contributed by atoms with Gasteiger partial charge in [0.1, 0.15) is 17.3 Å². The molecule has 0 unspecified atom stereocenters. The molecule has 0 aliphatic carbocycles. The van der Waals surface area contributed by atoms with E-state index >= 15 is 0 Å². The zero-order chi connectivity index (χ0) is 22.4. The second-order valence-corrected chi connectivity index (χ2v) is 7.02. The van der Waals surface area contributed by atoms with Crippen molar-refractivity contribution in [1.29, 1.82) is 0 Å². The monoisotopic (exact) mass is 448 g/mol. The minimum Gasteiger partial charge on any atom is -0.507 e. The predicted molar refractivity (Wildman–Crippen MR) is 114 cm³/mol. The van der Waals surface area contributed by atoms with E-state index in [4.69, 9.17) is 16.7 Å². The van der Waals surface area contributed by atoms with Crippen molar-refractivity contribution >= 4 is 23.4 Å². The molecule has 0 fully saturated rings. The summed E-state index contributed by atoms with van der Waals surface area (Å²) >= 11 is 6.06. The number of carboxylic acid groups (broad SMARTS) is 1. The topological polar surface area (TPSA) is 91.7 Å². The SMILES string of the molecule is O=C(O)CCCNc1cc(-c2ccccc2OC(F)F)cc(-c2cc(Cl)ccc2O)n1. The molecule has 3 aromatic rings. The fourth-order valence-electron chi connectivity index (χ4n) is 2.99. The normalized spacial score (nSPS) is 10.8. The number of aromatic hydroxyl groups is 1. The van der Waals surface area contributed by atoms with Crippen molar-refractivity contribution in [2.45, 2.75) is 19.5 Å². The Kier molecular flexibility index (Phi) is 7.25. The van der Waals surface area contributed by atoms with Crippen molar-refractivity contribution in [2.75, 3.05) is 11.9 Å². The lowest BCUT2D eigenvalue weighted by atomic mass is 10.0. The summed E-state index contributed by atoms with van der Waals surface area (Å²) in [6, 6.07) is 14.1. The summed E-state index contributed by atoms with van der Waals surface area (Å²) in [7, 11) is 0. The van der Waals surface area contributed by atoms with Crippen LogP contribution in [0.2, 0.25) is 5.02 Å². The molecule has 3 rings (SSSR count). The van der Waals surface area contributed by atoms with Crippen LogP contribution in [-0.4, -0.2) is 34.3 Å². The molecule has 0 radical (unpaired) electrons. The van der Waals surface area contributed by atoms with E-state index in [9.17, 15) is 18.7 Å². The molecule has 0 saturated heterocycles. The predicted octanol–water partition coefficient (Wildman–Crippen LogP) is 5.65. The van der Waals surface area contributed by atoms with Crippen molar-refractivity contribution in [3.63, 3.8) is 0 Å². The molecule has 0 aliphatic heterocycles. The quantitative estimate of drug-likeness (QED) is 0.366. The van der Waals surface area contributed by atoms with Gasteiger partial charge in [0.25, 0.3) is 0 Å². The molecule has 31 heavy (non-hydrogen) atoms. The van der Waals surface area contributed by atoms with Gasteiger partial charge >= 0.3 is 12.6 Å². The van der Waals surface area contributed by atoms with Gasteiger partial charge in [-0.05, 0) is 48.4 Å². The summed E-state index contributed by atoms with van der Waals surface area (Å²) in [5, 5.41) is 22.5. The van der Waals surface area contributed by atoms with Crippen LogP contribution in [-0.2, 0) is 4.79 Å². The van der Waals surface area contributed by atoms with E-state index in [0.29, 0.717) is 46.2 Å². The van der Waals surface area contributed by atoms with Gasteiger partial charge in [0.2, 0.25) is 0 Å². The summed E-state index contributed by atoms with van der Waals surface area (Å²) < 4.78 is 30.4. The molecule has 1 aromatic heterocycles. The number of nitrogens with one attached hydrogen (secondary N) is 1. The lowest BCUT2D eigenvalue weighted by molar-refractivity contribution is -0.137. The largest absolute Gasteiger partial charge is 0.507 e. The molecule has 1 heterocycles. The Labute approximate surface area is 182 Å². The highest BCUT2D eigenvalue weighted by molar-refractivity contribution is 6.31.